The summed E-state index contributed by atoms with van der Waals surface area (Å²) in [4.78, 5) is 41.5. The van der Waals surface area contributed by atoms with Crippen molar-refractivity contribution in [3.05, 3.63) is 80.5 Å². The summed E-state index contributed by atoms with van der Waals surface area (Å²) in [6, 6.07) is 13.6. The van der Waals surface area contributed by atoms with Gasteiger partial charge in [0, 0.05) is 30.1 Å². The first-order chi connectivity index (χ1) is 20.8. The van der Waals surface area contributed by atoms with E-state index in [4.69, 9.17) is 30.5 Å². The molecule has 1 heterocycles. The van der Waals surface area contributed by atoms with Gasteiger partial charge in [-0.3, -0.25) is 14.4 Å². The molecule has 9 nitrogen and oxygen atoms in total. The van der Waals surface area contributed by atoms with Crippen molar-refractivity contribution in [2.45, 2.75) is 31.7 Å². The van der Waals surface area contributed by atoms with E-state index in [0.29, 0.717) is 83.3 Å². The maximum Gasteiger partial charge on any atom is 0.253 e. The van der Waals surface area contributed by atoms with Gasteiger partial charge in [-0.2, -0.15) is 0 Å². The average molecular weight is 607 g/mol. The molecule has 1 aliphatic heterocycles. The van der Waals surface area contributed by atoms with Gasteiger partial charge < -0.3 is 29.2 Å². The third-order valence-electron chi connectivity index (χ3n) is 8.30. The number of benzene rings is 2. The van der Waals surface area contributed by atoms with E-state index in [9.17, 15) is 14.4 Å². The van der Waals surface area contributed by atoms with Crippen LogP contribution in [0.1, 0.15) is 46.8 Å². The van der Waals surface area contributed by atoms with Gasteiger partial charge in [0.1, 0.15) is 0 Å². The Morgan fingerprint density at radius 2 is 1.53 bits per heavy atom. The van der Waals surface area contributed by atoms with Crippen LogP contribution in [0, 0.1) is 5.92 Å². The second-order valence-corrected chi connectivity index (χ2v) is 11.0. The molecule has 1 atom stereocenters. The van der Waals surface area contributed by atoms with Gasteiger partial charge in [0.05, 0.1) is 39.5 Å². The maximum atomic E-state index is 13.7. The molecule has 0 bridgehead atoms. The average Bonchev–Trinajstić information content (AvgIpc) is 3.29. The topological polar surface area (TPSA) is 103 Å². The van der Waals surface area contributed by atoms with Crippen molar-refractivity contribution in [2.24, 2.45) is 5.92 Å². The largest absolute Gasteiger partial charge is 0.493 e. The summed E-state index contributed by atoms with van der Waals surface area (Å²) in [5.74, 6) is 0.846. The molecule has 43 heavy (non-hydrogen) atoms. The molecule has 3 aromatic rings. The van der Waals surface area contributed by atoms with Gasteiger partial charge in [-0.1, -0.05) is 35.9 Å². The predicted octanol–water partition coefficient (Wildman–Crippen LogP) is 5.06. The molecular weight excluding hydrogens is 572 g/mol. The number of carbonyl (C=O) groups is 2. The van der Waals surface area contributed by atoms with E-state index in [1.165, 1.54) is 34.5 Å². The highest BCUT2D eigenvalue weighted by Crippen LogP contribution is 2.54. The minimum absolute atomic E-state index is 0.0315. The van der Waals surface area contributed by atoms with Crippen LogP contribution < -0.4 is 29.7 Å². The number of hydrogen-bond donors (Lipinski definition) is 1. The number of ether oxygens (including phenoxy) is 4. The van der Waals surface area contributed by atoms with Gasteiger partial charge in [0.15, 0.2) is 17.2 Å². The van der Waals surface area contributed by atoms with E-state index in [0.717, 1.165) is 5.56 Å². The third kappa shape index (κ3) is 5.73. The van der Waals surface area contributed by atoms with E-state index < -0.39 is 6.04 Å². The van der Waals surface area contributed by atoms with Crippen molar-refractivity contribution in [1.29, 1.82) is 0 Å². The lowest BCUT2D eigenvalue weighted by molar-refractivity contribution is -0.127. The lowest BCUT2D eigenvalue weighted by Gasteiger charge is -2.32. The fourth-order valence-corrected chi connectivity index (χ4v) is 6.44. The van der Waals surface area contributed by atoms with E-state index in [2.05, 4.69) is 5.32 Å². The van der Waals surface area contributed by atoms with Gasteiger partial charge in [0.25, 0.3) is 5.91 Å². The number of methoxy groups -OCH3 is 4. The number of amides is 2. The van der Waals surface area contributed by atoms with E-state index in [-0.39, 0.29) is 28.9 Å². The first-order valence-corrected chi connectivity index (χ1v) is 14.6. The summed E-state index contributed by atoms with van der Waals surface area (Å²) in [6.45, 7) is 0.976. The summed E-state index contributed by atoms with van der Waals surface area (Å²) >= 11 is 6.89. The molecule has 0 radical (unpaired) electrons. The van der Waals surface area contributed by atoms with Crippen LogP contribution in [0.2, 0.25) is 5.02 Å². The van der Waals surface area contributed by atoms with E-state index >= 15 is 0 Å². The Balaban J connectivity index is 1.48. The smallest absolute Gasteiger partial charge is 0.253 e. The van der Waals surface area contributed by atoms with Crippen molar-refractivity contribution in [1.82, 2.24) is 10.2 Å². The molecule has 10 heteroatoms. The monoisotopic (exact) mass is 606 g/mol. The Kier molecular flexibility index (Phi) is 9.11. The first-order valence-electron chi connectivity index (χ1n) is 14.2. The number of nitrogens with zero attached hydrogens (tertiary/aromatic N) is 1. The minimum atomic E-state index is -0.499. The van der Waals surface area contributed by atoms with E-state index in [1.54, 1.807) is 29.2 Å². The molecule has 2 amide bonds. The minimum Gasteiger partial charge on any atom is -0.493 e. The SMILES string of the molecule is COc1c(Cl)c2c(c(OC)c1OC)-c1ccc(OC)c(=O)cc1[C@@H](NC(=O)C1CCN(C(=O)c3ccccc3)CC1)CC2. The molecule has 3 aromatic carbocycles. The summed E-state index contributed by atoms with van der Waals surface area (Å²) in [6.07, 6.45) is 2.04. The molecular formula is C33H35ClN2O7. The number of carbonyl (C=O) groups excluding carboxylic acids is 2. The summed E-state index contributed by atoms with van der Waals surface area (Å²) in [5.41, 5.74) is 3.05. The van der Waals surface area contributed by atoms with Gasteiger partial charge in [-0.25, -0.2) is 0 Å². The van der Waals surface area contributed by atoms with Gasteiger partial charge in [-0.05, 0) is 66.6 Å². The standard InChI is InChI=1S/C33H35ClN2O7/c1-40-26-13-11-21-23(18-25(26)37)24(12-10-22-27(21)29(41-2)31(43-4)30(42-3)28(22)34)35-32(38)19-14-16-36(17-15-19)33(39)20-8-6-5-7-9-20/h5-9,11,13,18-19,24H,10,12,14-17H2,1-4H3,(H,35,38)/t24-/m0/s1. The zero-order valence-corrected chi connectivity index (χ0v) is 25.5. The highest BCUT2D eigenvalue weighted by atomic mass is 35.5. The first kappa shape index (κ1) is 30.2. The van der Waals surface area contributed by atoms with Crippen LogP contribution >= 0.6 is 11.6 Å². The number of hydrogen-bond acceptors (Lipinski definition) is 7. The second-order valence-electron chi connectivity index (χ2n) is 10.6. The normalized spacial score (nSPS) is 16.3. The zero-order chi connectivity index (χ0) is 30.7. The number of nitrogens with one attached hydrogen (secondary N) is 1. The highest BCUT2D eigenvalue weighted by molar-refractivity contribution is 6.34. The summed E-state index contributed by atoms with van der Waals surface area (Å²) in [7, 11) is 5.99. The number of rotatable bonds is 7. The molecule has 1 saturated heterocycles. The Morgan fingerprint density at radius 1 is 0.860 bits per heavy atom. The number of piperidine rings is 1. The zero-order valence-electron chi connectivity index (χ0n) is 24.7. The molecule has 2 aliphatic rings. The van der Waals surface area contributed by atoms with E-state index in [1.807, 2.05) is 18.2 Å². The third-order valence-corrected chi connectivity index (χ3v) is 8.70. The molecule has 0 spiro atoms. The van der Waals surface area contributed by atoms with Crippen LogP contribution in [0.4, 0.5) is 0 Å². The number of fused-ring (bicyclic) bond motifs is 3. The molecule has 0 saturated carbocycles. The molecule has 1 fully saturated rings. The highest BCUT2D eigenvalue weighted by Gasteiger charge is 2.34. The van der Waals surface area contributed by atoms with Crippen LogP contribution in [-0.2, 0) is 11.2 Å². The van der Waals surface area contributed by atoms with Crippen molar-refractivity contribution in [3.8, 4) is 34.1 Å². The summed E-state index contributed by atoms with van der Waals surface area (Å²) < 4.78 is 22.4. The van der Waals surface area contributed by atoms with Gasteiger partial charge in [0.2, 0.25) is 17.1 Å². The van der Waals surface area contributed by atoms with Gasteiger partial charge in [-0.15, -0.1) is 0 Å². The quantitative estimate of drug-likeness (QED) is 0.401. The number of halogens is 1. The molecule has 0 aromatic heterocycles. The van der Waals surface area contributed by atoms with Crippen molar-refractivity contribution in [2.75, 3.05) is 41.5 Å². The molecule has 5 rings (SSSR count). The maximum absolute atomic E-state index is 13.7. The lowest BCUT2D eigenvalue weighted by atomic mass is 9.93. The number of likely N-dealkylation sites (tertiary alicyclic amines) is 1. The summed E-state index contributed by atoms with van der Waals surface area (Å²) in [5, 5.41) is 3.60. The molecule has 226 valence electrons. The Bertz CT molecular complexity index is 1590. The van der Waals surface area contributed by atoms with Crippen molar-refractivity contribution in [3.63, 3.8) is 0 Å². The lowest BCUT2D eigenvalue weighted by Crippen LogP contribution is -2.43. The Morgan fingerprint density at radius 3 is 2.16 bits per heavy atom. The fourth-order valence-electron chi connectivity index (χ4n) is 6.09. The Labute approximate surface area is 255 Å². The second kappa shape index (κ2) is 13.0. The van der Waals surface area contributed by atoms with Crippen molar-refractivity contribution >= 4 is 23.4 Å². The van der Waals surface area contributed by atoms with Crippen LogP contribution in [0.25, 0.3) is 11.1 Å². The van der Waals surface area contributed by atoms with Crippen LogP contribution in [0.5, 0.6) is 23.0 Å². The predicted molar refractivity (Wildman–Crippen MR) is 164 cm³/mol. The molecule has 1 aliphatic carbocycles. The Hall–Kier alpha value is -4.24. The fraction of sp³-hybridized carbons (Fsp3) is 0.364. The van der Waals surface area contributed by atoms with Crippen LogP contribution in [0.15, 0.2) is 53.3 Å². The van der Waals surface area contributed by atoms with Gasteiger partial charge >= 0.3 is 0 Å². The van der Waals surface area contributed by atoms with Crippen molar-refractivity contribution < 1.29 is 28.5 Å². The molecule has 0 unspecified atom stereocenters. The molecule has 1 N–H and O–H groups in total. The van der Waals surface area contributed by atoms with Crippen LogP contribution in [0.3, 0.4) is 0 Å². The van der Waals surface area contributed by atoms with Crippen LogP contribution in [-0.4, -0.2) is 58.2 Å².